The van der Waals surface area contributed by atoms with Crippen molar-refractivity contribution in [2.24, 2.45) is 0 Å². The van der Waals surface area contributed by atoms with Gasteiger partial charge in [-0.05, 0) is 37.7 Å². The molecule has 0 aliphatic rings. The van der Waals surface area contributed by atoms with E-state index in [1.54, 1.807) is 24.3 Å². The van der Waals surface area contributed by atoms with Crippen LogP contribution in [0.3, 0.4) is 0 Å². The van der Waals surface area contributed by atoms with Crippen LogP contribution in [0.15, 0.2) is 24.3 Å². The molecule has 16 heavy (non-hydrogen) atoms. The monoisotopic (exact) mass is 261 g/mol. The average Bonchev–Trinajstić information content (AvgIpc) is 2.26. The summed E-state index contributed by atoms with van der Waals surface area (Å²) in [6, 6.07) is 6.94. The summed E-state index contributed by atoms with van der Waals surface area (Å²) in [4.78, 5) is 12.0. The first-order valence-electron chi connectivity index (χ1n) is 5.16. The molecule has 1 N–H and O–H groups in total. The third kappa shape index (κ3) is 4.12. The summed E-state index contributed by atoms with van der Waals surface area (Å²) in [5.74, 6) is 0.135. The SMILES string of the molecule is CCCC(NC)C(=O)c1ccc(Cl)cc1.Cl. The van der Waals surface area contributed by atoms with Crippen molar-refractivity contribution in [1.29, 1.82) is 0 Å². The van der Waals surface area contributed by atoms with Gasteiger partial charge in [0.05, 0.1) is 6.04 Å². The lowest BCUT2D eigenvalue weighted by Gasteiger charge is -2.13. The first-order valence-corrected chi connectivity index (χ1v) is 5.54. The fourth-order valence-corrected chi connectivity index (χ4v) is 1.64. The number of likely N-dealkylation sites (N-methyl/N-ethyl adjacent to an activating group) is 1. The molecule has 1 atom stereocenters. The molecule has 0 spiro atoms. The molecule has 0 fully saturated rings. The van der Waals surface area contributed by atoms with Crippen LogP contribution >= 0.6 is 24.0 Å². The van der Waals surface area contributed by atoms with E-state index in [4.69, 9.17) is 11.6 Å². The van der Waals surface area contributed by atoms with E-state index < -0.39 is 0 Å². The molecule has 0 aromatic heterocycles. The molecule has 2 nitrogen and oxygen atoms in total. The van der Waals surface area contributed by atoms with Crippen molar-refractivity contribution in [2.75, 3.05) is 7.05 Å². The molecule has 0 aliphatic carbocycles. The van der Waals surface area contributed by atoms with E-state index in [1.807, 2.05) is 7.05 Å². The number of halogens is 2. The number of ketones is 1. The zero-order chi connectivity index (χ0) is 11.3. The maximum Gasteiger partial charge on any atom is 0.179 e. The number of nitrogens with one attached hydrogen (secondary N) is 1. The smallest absolute Gasteiger partial charge is 0.179 e. The minimum atomic E-state index is -0.0869. The molecule has 1 aromatic rings. The minimum absolute atomic E-state index is 0. The fourth-order valence-electron chi connectivity index (χ4n) is 1.51. The molecule has 0 saturated heterocycles. The van der Waals surface area contributed by atoms with E-state index in [-0.39, 0.29) is 24.2 Å². The highest BCUT2D eigenvalue weighted by atomic mass is 35.5. The number of Topliss-reactive ketones (excluding diaryl/α,β-unsaturated/α-hetero) is 1. The van der Waals surface area contributed by atoms with Crippen molar-refractivity contribution in [3.63, 3.8) is 0 Å². The second kappa shape index (κ2) is 7.66. The highest BCUT2D eigenvalue weighted by Crippen LogP contribution is 2.12. The Labute approximate surface area is 108 Å². The lowest BCUT2D eigenvalue weighted by Crippen LogP contribution is -2.33. The predicted molar refractivity (Wildman–Crippen MR) is 70.8 cm³/mol. The molecule has 0 amide bonds. The van der Waals surface area contributed by atoms with Crippen LogP contribution in [0, 0.1) is 0 Å². The standard InChI is InChI=1S/C12H16ClNO.ClH/c1-3-4-11(14-2)12(15)9-5-7-10(13)8-6-9;/h5-8,11,14H,3-4H2,1-2H3;1H. The Morgan fingerprint density at radius 3 is 2.38 bits per heavy atom. The summed E-state index contributed by atoms with van der Waals surface area (Å²) in [5.41, 5.74) is 0.715. The Balaban J connectivity index is 0.00000225. The van der Waals surface area contributed by atoms with Gasteiger partial charge in [-0.3, -0.25) is 4.79 Å². The van der Waals surface area contributed by atoms with Gasteiger partial charge in [0.25, 0.3) is 0 Å². The van der Waals surface area contributed by atoms with Crippen LogP contribution in [-0.2, 0) is 0 Å². The Kier molecular flexibility index (Phi) is 7.39. The molecule has 90 valence electrons. The molecular formula is C12H17Cl2NO. The summed E-state index contributed by atoms with van der Waals surface area (Å²) in [6.45, 7) is 2.07. The number of carbonyl (C=O) groups excluding carboxylic acids is 1. The van der Waals surface area contributed by atoms with Gasteiger partial charge in [-0.1, -0.05) is 24.9 Å². The van der Waals surface area contributed by atoms with Crippen molar-refractivity contribution in [3.05, 3.63) is 34.9 Å². The molecule has 1 aromatic carbocycles. The summed E-state index contributed by atoms with van der Waals surface area (Å²) < 4.78 is 0. The maximum atomic E-state index is 12.0. The highest BCUT2D eigenvalue weighted by molar-refractivity contribution is 6.30. The molecule has 0 radical (unpaired) electrons. The van der Waals surface area contributed by atoms with Crippen LogP contribution < -0.4 is 5.32 Å². The maximum absolute atomic E-state index is 12.0. The Morgan fingerprint density at radius 2 is 1.94 bits per heavy atom. The summed E-state index contributed by atoms with van der Waals surface area (Å²) in [6.07, 6.45) is 1.85. The number of hydrogen-bond donors (Lipinski definition) is 1. The number of hydrogen-bond acceptors (Lipinski definition) is 2. The zero-order valence-electron chi connectivity index (χ0n) is 9.50. The topological polar surface area (TPSA) is 29.1 Å². The second-order valence-corrected chi connectivity index (χ2v) is 3.94. The Bertz CT molecular complexity index is 324. The van der Waals surface area contributed by atoms with E-state index in [1.165, 1.54) is 0 Å². The first-order chi connectivity index (χ1) is 7.19. The highest BCUT2D eigenvalue weighted by Gasteiger charge is 2.16. The minimum Gasteiger partial charge on any atom is -0.310 e. The quantitative estimate of drug-likeness (QED) is 0.824. The van der Waals surface area contributed by atoms with Crippen molar-refractivity contribution < 1.29 is 4.79 Å². The third-order valence-corrected chi connectivity index (χ3v) is 2.62. The Morgan fingerprint density at radius 1 is 1.38 bits per heavy atom. The van der Waals surface area contributed by atoms with Crippen molar-refractivity contribution in [2.45, 2.75) is 25.8 Å². The average molecular weight is 262 g/mol. The molecule has 4 heteroatoms. The van der Waals surface area contributed by atoms with Gasteiger partial charge >= 0.3 is 0 Å². The Hall–Kier alpha value is -0.570. The molecule has 0 bridgehead atoms. The van der Waals surface area contributed by atoms with E-state index in [9.17, 15) is 4.79 Å². The van der Waals surface area contributed by atoms with E-state index in [2.05, 4.69) is 12.2 Å². The van der Waals surface area contributed by atoms with Crippen LogP contribution in [0.1, 0.15) is 30.1 Å². The molecular weight excluding hydrogens is 245 g/mol. The lowest BCUT2D eigenvalue weighted by atomic mass is 10.0. The van der Waals surface area contributed by atoms with Crippen LogP contribution in [0.5, 0.6) is 0 Å². The fraction of sp³-hybridized carbons (Fsp3) is 0.417. The van der Waals surface area contributed by atoms with Crippen molar-refractivity contribution >= 4 is 29.8 Å². The van der Waals surface area contributed by atoms with Crippen LogP contribution in [-0.4, -0.2) is 18.9 Å². The normalized spacial score (nSPS) is 11.7. The van der Waals surface area contributed by atoms with E-state index >= 15 is 0 Å². The molecule has 1 unspecified atom stereocenters. The zero-order valence-corrected chi connectivity index (χ0v) is 11.1. The number of benzene rings is 1. The van der Waals surface area contributed by atoms with Gasteiger partial charge in [-0.25, -0.2) is 0 Å². The second-order valence-electron chi connectivity index (χ2n) is 3.50. The van der Waals surface area contributed by atoms with E-state index in [0.29, 0.717) is 10.6 Å². The molecule has 0 aliphatic heterocycles. The van der Waals surface area contributed by atoms with E-state index in [0.717, 1.165) is 12.8 Å². The summed E-state index contributed by atoms with van der Waals surface area (Å²) in [7, 11) is 1.81. The lowest BCUT2D eigenvalue weighted by molar-refractivity contribution is 0.0942. The van der Waals surface area contributed by atoms with Crippen molar-refractivity contribution in [3.8, 4) is 0 Å². The summed E-state index contributed by atoms with van der Waals surface area (Å²) in [5, 5.41) is 3.69. The first kappa shape index (κ1) is 15.4. The predicted octanol–water partition coefficient (Wildman–Crippen LogP) is 3.33. The summed E-state index contributed by atoms with van der Waals surface area (Å²) >= 11 is 5.76. The van der Waals surface area contributed by atoms with Gasteiger partial charge in [0.2, 0.25) is 0 Å². The van der Waals surface area contributed by atoms with Gasteiger partial charge in [-0.15, -0.1) is 12.4 Å². The van der Waals surface area contributed by atoms with Gasteiger partial charge in [-0.2, -0.15) is 0 Å². The van der Waals surface area contributed by atoms with Crippen LogP contribution in [0.25, 0.3) is 0 Å². The van der Waals surface area contributed by atoms with Gasteiger partial charge in [0.1, 0.15) is 0 Å². The van der Waals surface area contributed by atoms with Crippen LogP contribution in [0.4, 0.5) is 0 Å². The van der Waals surface area contributed by atoms with Gasteiger partial charge < -0.3 is 5.32 Å². The van der Waals surface area contributed by atoms with Crippen LogP contribution in [0.2, 0.25) is 5.02 Å². The van der Waals surface area contributed by atoms with Crippen molar-refractivity contribution in [1.82, 2.24) is 5.32 Å². The van der Waals surface area contributed by atoms with Gasteiger partial charge in [0.15, 0.2) is 5.78 Å². The third-order valence-electron chi connectivity index (χ3n) is 2.37. The largest absolute Gasteiger partial charge is 0.310 e. The molecule has 1 rings (SSSR count). The number of carbonyl (C=O) groups is 1. The number of rotatable bonds is 5. The van der Waals surface area contributed by atoms with Gasteiger partial charge in [0, 0.05) is 10.6 Å². The molecule has 0 heterocycles. The molecule has 0 saturated carbocycles.